The first kappa shape index (κ1) is 12.6. The molecule has 2 rings (SSSR count). The molecule has 2 aromatic rings. The highest BCUT2D eigenvalue weighted by Gasteiger charge is 2.31. The number of hydrogen-bond donors (Lipinski definition) is 1. The Labute approximate surface area is 101 Å². The molecule has 3 nitrogen and oxygen atoms in total. The van der Waals surface area contributed by atoms with Gasteiger partial charge in [0.2, 0.25) is 0 Å². The number of nitrogens with zero attached hydrogens (tertiary/aromatic N) is 1. The second-order valence-corrected chi connectivity index (χ2v) is 4.35. The summed E-state index contributed by atoms with van der Waals surface area (Å²) in [5, 5.41) is 6.60. The van der Waals surface area contributed by atoms with E-state index < -0.39 is 17.3 Å². The van der Waals surface area contributed by atoms with Gasteiger partial charge in [0, 0.05) is 5.39 Å². The van der Waals surface area contributed by atoms with Gasteiger partial charge < -0.3 is 0 Å². The summed E-state index contributed by atoms with van der Waals surface area (Å²) in [6, 6.07) is 3.07. The molecule has 18 heavy (non-hydrogen) atoms. The predicted octanol–water partition coefficient (Wildman–Crippen LogP) is 3.07. The molecular formula is C12H11F3N2O. The van der Waals surface area contributed by atoms with Gasteiger partial charge in [-0.05, 0) is 24.1 Å². The highest BCUT2D eigenvalue weighted by molar-refractivity contribution is 5.84. The van der Waals surface area contributed by atoms with Crippen molar-refractivity contribution < 1.29 is 13.2 Å². The van der Waals surface area contributed by atoms with E-state index in [1.165, 1.54) is 6.07 Å². The van der Waals surface area contributed by atoms with Gasteiger partial charge in [-0.15, -0.1) is 0 Å². The molecule has 0 aliphatic heterocycles. The fourth-order valence-corrected chi connectivity index (χ4v) is 1.80. The number of hydrogen-bond acceptors (Lipinski definition) is 2. The molecule has 0 saturated carbocycles. The lowest BCUT2D eigenvalue weighted by Crippen LogP contribution is -2.13. The van der Waals surface area contributed by atoms with Gasteiger partial charge in [0.1, 0.15) is 0 Å². The molecule has 0 aliphatic rings. The van der Waals surface area contributed by atoms with Crippen LogP contribution in [0.3, 0.4) is 0 Å². The molecule has 0 bridgehead atoms. The third-order valence-corrected chi connectivity index (χ3v) is 2.69. The number of benzene rings is 1. The van der Waals surface area contributed by atoms with E-state index in [4.69, 9.17) is 0 Å². The minimum atomic E-state index is -4.43. The molecule has 1 heterocycles. The minimum Gasteiger partial charge on any atom is -0.267 e. The van der Waals surface area contributed by atoms with Crippen LogP contribution in [0.15, 0.2) is 23.0 Å². The van der Waals surface area contributed by atoms with Crippen molar-refractivity contribution in [2.75, 3.05) is 0 Å². The molecule has 96 valence electrons. The van der Waals surface area contributed by atoms with E-state index in [0.717, 1.165) is 12.1 Å². The second kappa shape index (κ2) is 4.12. The number of nitrogens with one attached hydrogen (secondary N) is 1. The SMILES string of the molecule is CC(C)c1n[nH]c(=O)c2ccc(C(F)(F)F)cc12. The highest BCUT2D eigenvalue weighted by Crippen LogP contribution is 2.32. The van der Waals surface area contributed by atoms with Crippen LogP contribution in [0.2, 0.25) is 0 Å². The van der Waals surface area contributed by atoms with E-state index in [2.05, 4.69) is 10.2 Å². The highest BCUT2D eigenvalue weighted by atomic mass is 19.4. The first-order valence-corrected chi connectivity index (χ1v) is 5.40. The molecule has 0 saturated heterocycles. The number of fused-ring (bicyclic) bond motifs is 1. The lowest BCUT2D eigenvalue weighted by molar-refractivity contribution is -0.137. The number of halogens is 3. The Morgan fingerprint density at radius 3 is 2.44 bits per heavy atom. The molecule has 0 radical (unpaired) electrons. The molecule has 0 aliphatic carbocycles. The van der Waals surface area contributed by atoms with Crippen LogP contribution in [-0.2, 0) is 6.18 Å². The largest absolute Gasteiger partial charge is 0.416 e. The zero-order valence-electron chi connectivity index (χ0n) is 9.80. The van der Waals surface area contributed by atoms with Crippen LogP contribution in [0.25, 0.3) is 10.8 Å². The molecule has 0 amide bonds. The maximum atomic E-state index is 12.6. The molecular weight excluding hydrogens is 245 g/mol. The van der Waals surface area contributed by atoms with E-state index in [-0.39, 0.29) is 16.7 Å². The van der Waals surface area contributed by atoms with Crippen molar-refractivity contribution in [2.24, 2.45) is 0 Å². The van der Waals surface area contributed by atoms with Gasteiger partial charge >= 0.3 is 6.18 Å². The van der Waals surface area contributed by atoms with Gasteiger partial charge in [-0.2, -0.15) is 18.3 Å². The molecule has 0 unspecified atom stereocenters. The van der Waals surface area contributed by atoms with Crippen LogP contribution in [0.5, 0.6) is 0 Å². The van der Waals surface area contributed by atoms with Crippen molar-refractivity contribution >= 4 is 10.8 Å². The Balaban J connectivity index is 2.82. The molecule has 1 aromatic carbocycles. The molecule has 1 aromatic heterocycles. The van der Waals surface area contributed by atoms with Crippen molar-refractivity contribution in [3.8, 4) is 0 Å². The normalized spacial score (nSPS) is 12.3. The summed E-state index contributed by atoms with van der Waals surface area (Å²) >= 11 is 0. The topological polar surface area (TPSA) is 45.8 Å². The summed E-state index contributed by atoms with van der Waals surface area (Å²) in [7, 11) is 0. The summed E-state index contributed by atoms with van der Waals surface area (Å²) in [4.78, 5) is 11.5. The number of alkyl halides is 3. The monoisotopic (exact) mass is 256 g/mol. The van der Waals surface area contributed by atoms with E-state index in [1.54, 1.807) is 13.8 Å². The van der Waals surface area contributed by atoms with E-state index in [1.807, 2.05) is 0 Å². The fourth-order valence-electron chi connectivity index (χ4n) is 1.80. The third kappa shape index (κ3) is 2.10. The van der Waals surface area contributed by atoms with Gasteiger partial charge in [0.05, 0.1) is 16.6 Å². The van der Waals surface area contributed by atoms with Crippen LogP contribution in [0, 0.1) is 0 Å². The van der Waals surface area contributed by atoms with Crippen molar-refractivity contribution in [3.05, 3.63) is 39.8 Å². The van der Waals surface area contributed by atoms with Gasteiger partial charge in [0.15, 0.2) is 0 Å². The van der Waals surface area contributed by atoms with Crippen LogP contribution < -0.4 is 5.56 Å². The summed E-state index contributed by atoms with van der Waals surface area (Å²) in [6.07, 6.45) is -4.43. The Morgan fingerprint density at radius 2 is 1.89 bits per heavy atom. The maximum Gasteiger partial charge on any atom is 0.416 e. The van der Waals surface area contributed by atoms with Crippen molar-refractivity contribution in [3.63, 3.8) is 0 Å². The summed E-state index contributed by atoms with van der Waals surface area (Å²) in [5.74, 6) is -0.0761. The molecule has 1 N–H and O–H groups in total. The van der Waals surface area contributed by atoms with Crippen LogP contribution in [0.4, 0.5) is 13.2 Å². The number of aromatic nitrogens is 2. The molecule has 0 atom stereocenters. The lowest BCUT2D eigenvalue weighted by Gasteiger charge is -2.11. The standard InChI is InChI=1S/C12H11F3N2O/c1-6(2)10-9-5-7(12(13,14)15)3-4-8(9)11(18)17-16-10/h3-6H,1-2H3,(H,17,18). The Kier molecular flexibility index (Phi) is 2.88. The van der Waals surface area contributed by atoms with Gasteiger partial charge in [0.25, 0.3) is 5.56 Å². The molecule has 0 spiro atoms. The number of H-pyrrole nitrogens is 1. The predicted molar refractivity (Wildman–Crippen MR) is 61.5 cm³/mol. The van der Waals surface area contributed by atoms with Crippen molar-refractivity contribution in [2.45, 2.75) is 25.9 Å². The zero-order chi connectivity index (χ0) is 13.5. The minimum absolute atomic E-state index is 0.0761. The third-order valence-electron chi connectivity index (χ3n) is 2.69. The maximum absolute atomic E-state index is 12.6. The van der Waals surface area contributed by atoms with Crippen molar-refractivity contribution in [1.29, 1.82) is 0 Å². The van der Waals surface area contributed by atoms with Gasteiger partial charge in [-0.1, -0.05) is 13.8 Å². The summed E-state index contributed by atoms with van der Waals surface area (Å²) < 4.78 is 37.9. The number of aromatic amines is 1. The van der Waals surface area contributed by atoms with Gasteiger partial charge in [-0.25, -0.2) is 5.10 Å². The van der Waals surface area contributed by atoms with Crippen LogP contribution in [-0.4, -0.2) is 10.2 Å². The van der Waals surface area contributed by atoms with Gasteiger partial charge in [-0.3, -0.25) is 4.79 Å². The smallest absolute Gasteiger partial charge is 0.267 e. The Morgan fingerprint density at radius 1 is 1.22 bits per heavy atom. The first-order chi connectivity index (χ1) is 8.30. The zero-order valence-corrected chi connectivity index (χ0v) is 9.80. The quantitative estimate of drug-likeness (QED) is 0.852. The molecule has 6 heteroatoms. The fraction of sp³-hybridized carbons (Fsp3) is 0.333. The average Bonchev–Trinajstić information content (AvgIpc) is 2.27. The lowest BCUT2D eigenvalue weighted by atomic mass is 10.0. The summed E-state index contributed by atoms with van der Waals surface area (Å²) in [6.45, 7) is 3.61. The van der Waals surface area contributed by atoms with E-state index in [0.29, 0.717) is 5.69 Å². The van der Waals surface area contributed by atoms with Crippen molar-refractivity contribution in [1.82, 2.24) is 10.2 Å². The van der Waals surface area contributed by atoms with E-state index in [9.17, 15) is 18.0 Å². The van der Waals surface area contributed by atoms with E-state index >= 15 is 0 Å². The molecule has 0 fully saturated rings. The second-order valence-electron chi connectivity index (χ2n) is 4.35. The van der Waals surface area contributed by atoms with Crippen LogP contribution >= 0.6 is 0 Å². The first-order valence-electron chi connectivity index (χ1n) is 5.40. The Bertz CT molecular complexity index is 644. The number of rotatable bonds is 1. The Hall–Kier alpha value is -1.85. The summed E-state index contributed by atoms with van der Waals surface area (Å²) in [5.41, 5.74) is -0.803. The van der Waals surface area contributed by atoms with Crippen LogP contribution in [0.1, 0.15) is 31.0 Å². The average molecular weight is 256 g/mol.